The van der Waals surface area contributed by atoms with Gasteiger partial charge in [0.1, 0.15) is 19.8 Å². The topological polar surface area (TPSA) is 111 Å². The lowest BCUT2D eigenvalue weighted by Crippen LogP contribution is -2.37. The number of hydrogen-bond donors (Lipinski definition) is 0. The smallest absolute Gasteiger partial charge is 0.306 e. The molecular weight excluding hydrogens is 713 g/mol. The summed E-state index contributed by atoms with van der Waals surface area (Å²) in [4.78, 5) is 37.5. The van der Waals surface area contributed by atoms with Crippen LogP contribution in [0, 0.1) is 0 Å². The Labute approximate surface area is 339 Å². The number of phosphoric acid groups is 1. The summed E-state index contributed by atoms with van der Waals surface area (Å²) in [5, 5.41) is 0. The van der Waals surface area contributed by atoms with E-state index in [1.807, 2.05) is 21.1 Å². The second kappa shape index (κ2) is 38.3. The predicted octanol–water partition coefficient (Wildman–Crippen LogP) is 12.3. The van der Waals surface area contributed by atoms with E-state index in [0.717, 1.165) is 38.5 Å². The summed E-state index contributed by atoms with van der Waals surface area (Å²) < 4.78 is 33.9. The Bertz CT molecular complexity index is 954. The third-order valence-corrected chi connectivity index (χ3v) is 11.0. The quantitative estimate of drug-likeness (QED) is 0.0197. The van der Waals surface area contributed by atoms with E-state index in [-0.39, 0.29) is 26.1 Å². The second-order valence-electron chi connectivity index (χ2n) is 16.8. The number of hydrogen-bond acceptors (Lipinski definition) is 8. The van der Waals surface area contributed by atoms with Crippen molar-refractivity contribution in [3.05, 3.63) is 12.2 Å². The minimum Gasteiger partial charge on any atom is -0.756 e. The van der Waals surface area contributed by atoms with Gasteiger partial charge in [0, 0.05) is 12.8 Å². The molecule has 10 heteroatoms. The maximum atomic E-state index is 12.7. The largest absolute Gasteiger partial charge is 0.756 e. The Morgan fingerprint density at radius 1 is 0.545 bits per heavy atom. The minimum atomic E-state index is -4.62. The first-order valence-corrected chi connectivity index (χ1v) is 24.4. The van der Waals surface area contributed by atoms with Gasteiger partial charge in [0.15, 0.2) is 6.10 Å². The van der Waals surface area contributed by atoms with E-state index in [1.54, 1.807) is 0 Å². The molecule has 55 heavy (non-hydrogen) atoms. The molecule has 0 fully saturated rings. The number of allylic oxidation sites excluding steroid dienone is 2. The Kier molecular flexibility index (Phi) is 37.4. The Morgan fingerprint density at radius 3 is 1.36 bits per heavy atom. The fourth-order valence-corrected chi connectivity index (χ4v) is 7.14. The van der Waals surface area contributed by atoms with Crippen LogP contribution in [0.25, 0.3) is 0 Å². The molecule has 0 bridgehead atoms. The van der Waals surface area contributed by atoms with Crippen molar-refractivity contribution in [3.8, 4) is 0 Å². The van der Waals surface area contributed by atoms with Gasteiger partial charge < -0.3 is 27.9 Å². The lowest BCUT2D eigenvalue weighted by molar-refractivity contribution is -0.870. The standard InChI is InChI=1S/C45H88NO8P/c1-6-8-10-12-14-16-18-20-21-22-23-24-26-28-30-32-34-36-38-45(48)54-43(42-53-55(49,50)52-40-39-46(3,4)5)41-51-44(47)37-35-33-31-29-27-25-19-17-15-13-11-9-7-2/h25,27,43H,6-24,26,28-42H2,1-5H3/b27-25+/t43-/m1/s1. The van der Waals surface area contributed by atoms with Crippen LogP contribution < -0.4 is 4.89 Å². The fourth-order valence-electron chi connectivity index (χ4n) is 6.41. The third-order valence-electron chi connectivity index (χ3n) is 10.0. The van der Waals surface area contributed by atoms with E-state index in [2.05, 4.69) is 26.0 Å². The molecule has 0 saturated carbocycles. The lowest BCUT2D eigenvalue weighted by Gasteiger charge is -2.28. The monoisotopic (exact) mass is 802 g/mol. The van der Waals surface area contributed by atoms with Crippen molar-refractivity contribution in [2.45, 2.75) is 219 Å². The zero-order valence-corrected chi connectivity index (χ0v) is 37.5. The van der Waals surface area contributed by atoms with Crippen LogP contribution in [-0.4, -0.2) is 70.0 Å². The number of esters is 2. The molecule has 0 spiro atoms. The van der Waals surface area contributed by atoms with E-state index in [4.69, 9.17) is 18.5 Å². The van der Waals surface area contributed by atoms with E-state index in [0.29, 0.717) is 23.9 Å². The first-order chi connectivity index (χ1) is 26.5. The Balaban J connectivity index is 4.30. The van der Waals surface area contributed by atoms with Crippen LogP contribution in [0.1, 0.15) is 213 Å². The lowest BCUT2D eigenvalue weighted by atomic mass is 10.0. The summed E-state index contributed by atoms with van der Waals surface area (Å²) in [6.07, 6.45) is 39.5. The van der Waals surface area contributed by atoms with E-state index >= 15 is 0 Å². The molecule has 0 aromatic carbocycles. The first-order valence-electron chi connectivity index (χ1n) is 22.9. The first kappa shape index (κ1) is 53.8. The molecule has 0 aromatic rings. The number of carbonyl (C=O) groups is 2. The van der Waals surface area contributed by atoms with Gasteiger partial charge in [-0.1, -0.05) is 174 Å². The molecule has 9 nitrogen and oxygen atoms in total. The van der Waals surface area contributed by atoms with Crippen LogP contribution >= 0.6 is 7.82 Å². The average molecular weight is 802 g/mol. The summed E-state index contributed by atoms with van der Waals surface area (Å²) in [7, 11) is 1.17. The molecule has 0 aliphatic rings. The number of nitrogens with zero attached hydrogens (tertiary/aromatic N) is 1. The van der Waals surface area contributed by atoms with Crippen LogP contribution in [-0.2, 0) is 32.7 Å². The molecule has 0 N–H and O–H groups in total. The molecule has 0 saturated heterocycles. The predicted molar refractivity (Wildman–Crippen MR) is 227 cm³/mol. The third kappa shape index (κ3) is 42.2. The molecule has 1 unspecified atom stereocenters. The molecule has 0 radical (unpaired) electrons. The molecule has 0 aromatic heterocycles. The zero-order valence-electron chi connectivity index (χ0n) is 36.6. The van der Waals surface area contributed by atoms with Crippen LogP contribution in [0.2, 0.25) is 0 Å². The van der Waals surface area contributed by atoms with Crippen LogP contribution in [0.15, 0.2) is 12.2 Å². The van der Waals surface area contributed by atoms with Crippen LogP contribution in [0.4, 0.5) is 0 Å². The van der Waals surface area contributed by atoms with Gasteiger partial charge in [-0.05, 0) is 38.5 Å². The highest BCUT2D eigenvalue weighted by Crippen LogP contribution is 2.38. The number of rotatable bonds is 42. The van der Waals surface area contributed by atoms with E-state index < -0.39 is 32.5 Å². The highest BCUT2D eigenvalue weighted by Gasteiger charge is 2.21. The summed E-state index contributed by atoms with van der Waals surface area (Å²) in [6, 6.07) is 0. The molecule has 0 rings (SSSR count). The number of phosphoric ester groups is 1. The summed E-state index contributed by atoms with van der Waals surface area (Å²) in [6.45, 7) is 4.23. The second-order valence-corrected chi connectivity index (χ2v) is 18.2. The number of likely N-dealkylation sites (N-methyl/N-ethyl adjacent to an activating group) is 1. The minimum absolute atomic E-state index is 0.0298. The molecule has 326 valence electrons. The van der Waals surface area contributed by atoms with Gasteiger partial charge in [-0.15, -0.1) is 0 Å². The highest BCUT2D eigenvalue weighted by molar-refractivity contribution is 7.45. The van der Waals surface area contributed by atoms with Crippen molar-refractivity contribution in [3.63, 3.8) is 0 Å². The van der Waals surface area contributed by atoms with E-state index in [1.165, 1.54) is 135 Å². The van der Waals surface area contributed by atoms with Crippen LogP contribution in [0.5, 0.6) is 0 Å². The molecule has 0 aliphatic carbocycles. The summed E-state index contributed by atoms with van der Waals surface area (Å²) in [5.74, 6) is -0.843. The summed E-state index contributed by atoms with van der Waals surface area (Å²) >= 11 is 0. The zero-order chi connectivity index (χ0) is 40.7. The van der Waals surface area contributed by atoms with Gasteiger partial charge >= 0.3 is 11.9 Å². The number of unbranched alkanes of at least 4 members (excludes halogenated alkanes) is 26. The Morgan fingerprint density at radius 2 is 0.927 bits per heavy atom. The molecule has 2 atom stereocenters. The van der Waals surface area contributed by atoms with Crippen molar-refractivity contribution in [2.24, 2.45) is 0 Å². The van der Waals surface area contributed by atoms with Crippen molar-refractivity contribution in [2.75, 3.05) is 47.5 Å². The van der Waals surface area contributed by atoms with E-state index in [9.17, 15) is 19.0 Å². The summed E-state index contributed by atoms with van der Waals surface area (Å²) in [5.41, 5.74) is 0. The van der Waals surface area contributed by atoms with Crippen molar-refractivity contribution in [1.82, 2.24) is 0 Å². The van der Waals surface area contributed by atoms with Gasteiger partial charge in [-0.2, -0.15) is 0 Å². The molecule has 0 amide bonds. The maximum Gasteiger partial charge on any atom is 0.306 e. The van der Waals surface area contributed by atoms with Gasteiger partial charge in [0.05, 0.1) is 27.7 Å². The maximum absolute atomic E-state index is 12.7. The Hall–Kier alpha value is -1.25. The van der Waals surface area contributed by atoms with Gasteiger partial charge in [-0.3, -0.25) is 14.2 Å². The molecule has 0 heterocycles. The van der Waals surface area contributed by atoms with Crippen molar-refractivity contribution < 1.29 is 42.1 Å². The van der Waals surface area contributed by atoms with Gasteiger partial charge in [0.2, 0.25) is 0 Å². The van der Waals surface area contributed by atoms with Gasteiger partial charge in [-0.25, -0.2) is 0 Å². The van der Waals surface area contributed by atoms with Gasteiger partial charge in [0.25, 0.3) is 7.82 Å². The molecular formula is C45H88NO8P. The van der Waals surface area contributed by atoms with Crippen LogP contribution in [0.3, 0.4) is 0 Å². The van der Waals surface area contributed by atoms with Crippen molar-refractivity contribution >= 4 is 19.8 Å². The number of quaternary nitrogens is 1. The SMILES string of the molecule is CCCCCCCC/C=C/CCCCCC(=O)OC[C@H](COP(=O)([O-])OCC[N+](C)(C)C)OC(=O)CCCCCCCCCCCCCCCCCCCC. The average Bonchev–Trinajstić information content (AvgIpc) is 3.13. The highest BCUT2D eigenvalue weighted by atomic mass is 31.2. The number of carbonyl (C=O) groups excluding carboxylic acids is 2. The fraction of sp³-hybridized carbons (Fsp3) is 0.911. The normalized spacial score (nSPS) is 13.6. The van der Waals surface area contributed by atoms with Crippen molar-refractivity contribution in [1.29, 1.82) is 0 Å². The number of ether oxygens (including phenoxy) is 2. The molecule has 0 aliphatic heterocycles.